The Morgan fingerprint density at radius 3 is 2.67 bits per heavy atom. The lowest BCUT2D eigenvalue weighted by Crippen LogP contribution is -2.43. The maximum absolute atomic E-state index is 13.1. The smallest absolute Gasteiger partial charge is 0.253 e. The quantitative estimate of drug-likeness (QED) is 0.621. The number of thiophene rings is 1. The molecular weight excluding hydrogens is 398 g/mol. The molecule has 1 fully saturated rings. The van der Waals surface area contributed by atoms with E-state index in [1.807, 2.05) is 32.0 Å². The molecule has 3 aromatic heterocycles. The van der Waals surface area contributed by atoms with Crippen LogP contribution in [0.25, 0.3) is 0 Å². The monoisotopic (exact) mass is 427 g/mol. The summed E-state index contributed by atoms with van der Waals surface area (Å²) in [7, 11) is 0. The average Bonchev–Trinajstić information content (AvgIpc) is 3.47. The molecule has 0 radical (unpaired) electrons. The molecule has 160 valence electrons. The van der Waals surface area contributed by atoms with Gasteiger partial charge in [-0.2, -0.15) is 0 Å². The van der Waals surface area contributed by atoms with Crippen molar-refractivity contribution in [3.63, 3.8) is 0 Å². The number of hydrogen-bond acceptors (Lipinski definition) is 5. The molecule has 1 N–H and O–H groups in total. The Labute approximate surface area is 181 Å². The second kappa shape index (κ2) is 9.20. The number of nitrogens with one attached hydrogen (secondary N) is 1. The van der Waals surface area contributed by atoms with E-state index in [4.69, 9.17) is 9.15 Å². The number of furan rings is 1. The number of rotatable bonds is 7. The second-order valence-corrected chi connectivity index (χ2v) is 8.81. The minimum absolute atomic E-state index is 0.00107. The van der Waals surface area contributed by atoms with Gasteiger partial charge in [-0.05, 0) is 50.4 Å². The van der Waals surface area contributed by atoms with Crippen molar-refractivity contribution in [3.05, 3.63) is 69.1 Å². The standard InChI is InChI=1S/C23H29N3O3S/c1-16-13-20(18(3)26(16)15-19-5-4-12-30-19)23(27)24-14-21(22-7-6-17(2)29-22)25-8-10-28-11-9-25/h4-7,12-13,21H,8-11,14-15H2,1-3H3,(H,24,27). The molecule has 0 aliphatic carbocycles. The van der Waals surface area contributed by atoms with Crippen LogP contribution in [0, 0.1) is 20.8 Å². The van der Waals surface area contributed by atoms with Crippen LogP contribution in [0.5, 0.6) is 0 Å². The van der Waals surface area contributed by atoms with E-state index in [2.05, 4.69) is 39.2 Å². The highest BCUT2D eigenvalue weighted by Crippen LogP contribution is 2.24. The Morgan fingerprint density at radius 1 is 1.20 bits per heavy atom. The number of carbonyl (C=O) groups is 1. The van der Waals surface area contributed by atoms with Crippen molar-refractivity contribution in [2.75, 3.05) is 32.8 Å². The third-order valence-corrected chi connectivity index (χ3v) is 6.61. The summed E-state index contributed by atoms with van der Waals surface area (Å²) in [6, 6.07) is 10.2. The van der Waals surface area contributed by atoms with Crippen LogP contribution in [0.15, 0.2) is 40.1 Å². The van der Waals surface area contributed by atoms with Crippen LogP contribution in [-0.4, -0.2) is 48.2 Å². The molecule has 30 heavy (non-hydrogen) atoms. The Hall–Kier alpha value is -2.35. The molecule has 1 amide bonds. The fraction of sp³-hybridized carbons (Fsp3) is 0.435. The molecule has 6 nitrogen and oxygen atoms in total. The first kappa shape index (κ1) is 20.9. The van der Waals surface area contributed by atoms with Gasteiger partial charge in [-0.3, -0.25) is 9.69 Å². The van der Waals surface area contributed by atoms with Crippen molar-refractivity contribution in [3.8, 4) is 0 Å². The summed E-state index contributed by atoms with van der Waals surface area (Å²) in [4.78, 5) is 16.7. The number of amides is 1. The number of aromatic nitrogens is 1. The number of aryl methyl sites for hydroxylation is 2. The predicted octanol–water partition coefficient (Wildman–Crippen LogP) is 3.92. The molecule has 3 aromatic rings. The summed E-state index contributed by atoms with van der Waals surface area (Å²) in [5, 5.41) is 5.23. The molecule has 4 rings (SSSR count). The van der Waals surface area contributed by atoms with Crippen LogP contribution in [0.4, 0.5) is 0 Å². The van der Waals surface area contributed by atoms with Gasteiger partial charge in [0.2, 0.25) is 0 Å². The first-order valence-corrected chi connectivity index (χ1v) is 11.3. The van der Waals surface area contributed by atoms with Crippen molar-refractivity contribution < 1.29 is 13.9 Å². The van der Waals surface area contributed by atoms with E-state index < -0.39 is 0 Å². The Balaban J connectivity index is 1.48. The topological polar surface area (TPSA) is 59.6 Å². The molecule has 1 aliphatic heterocycles. The molecule has 1 atom stereocenters. The van der Waals surface area contributed by atoms with Crippen molar-refractivity contribution in [1.29, 1.82) is 0 Å². The molecule has 7 heteroatoms. The van der Waals surface area contributed by atoms with Crippen LogP contribution in [0.2, 0.25) is 0 Å². The van der Waals surface area contributed by atoms with Gasteiger partial charge >= 0.3 is 0 Å². The van der Waals surface area contributed by atoms with E-state index in [1.54, 1.807) is 11.3 Å². The third kappa shape index (κ3) is 4.53. The molecule has 1 saturated heterocycles. The van der Waals surface area contributed by atoms with Gasteiger partial charge in [-0.1, -0.05) is 6.07 Å². The van der Waals surface area contributed by atoms with Gasteiger partial charge < -0.3 is 19.0 Å². The van der Waals surface area contributed by atoms with Crippen LogP contribution in [-0.2, 0) is 11.3 Å². The summed E-state index contributed by atoms with van der Waals surface area (Å²) in [6.07, 6.45) is 0. The first-order valence-electron chi connectivity index (χ1n) is 10.4. The Morgan fingerprint density at radius 2 is 2.00 bits per heavy atom. The maximum atomic E-state index is 13.1. The molecule has 4 heterocycles. The summed E-state index contributed by atoms with van der Waals surface area (Å²) < 4.78 is 13.6. The van der Waals surface area contributed by atoms with E-state index in [0.29, 0.717) is 19.8 Å². The van der Waals surface area contributed by atoms with Crippen molar-refractivity contribution >= 4 is 17.2 Å². The highest BCUT2D eigenvalue weighted by molar-refractivity contribution is 7.09. The third-order valence-electron chi connectivity index (χ3n) is 5.74. The van der Waals surface area contributed by atoms with Gasteiger partial charge in [0.25, 0.3) is 5.91 Å². The van der Waals surface area contributed by atoms with Crippen LogP contribution >= 0.6 is 11.3 Å². The average molecular weight is 428 g/mol. The zero-order valence-electron chi connectivity index (χ0n) is 17.8. The van der Waals surface area contributed by atoms with E-state index in [-0.39, 0.29) is 11.9 Å². The van der Waals surface area contributed by atoms with Gasteiger partial charge in [-0.25, -0.2) is 0 Å². The van der Waals surface area contributed by atoms with Crippen molar-refractivity contribution in [2.45, 2.75) is 33.4 Å². The molecular formula is C23H29N3O3S. The maximum Gasteiger partial charge on any atom is 0.253 e. The lowest BCUT2D eigenvalue weighted by atomic mass is 10.1. The fourth-order valence-electron chi connectivity index (χ4n) is 4.05. The van der Waals surface area contributed by atoms with E-state index in [1.165, 1.54) is 4.88 Å². The SMILES string of the molecule is Cc1ccc(C(CNC(=O)c2cc(C)n(Cc3cccs3)c2C)N2CCOCC2)o1. The van der Waals surface area contributed by atoms with E-state index in [0.717, 1.165) is 48.1 Å². The van der Waals surface area contributed by atoms with E-state index in [9.17, 15) is 4.79 Å². The highest BCUT2D eigenvalue weighted by Gasteiger charge is 2.26. The Bertz CT molecular complexity index is 984. The molecule has 0 saturated carbocycles. The van der Waals surface area contributed by atoms with Gasteiger partial charge in [0.1, 0.15) is 11.5 Å². The van der Waals surface area contributed by atoms with Crippen LogP contribution in [0.3, 0.4) is 0 Å². The lowest BCUT2D eigenvalue weighted by Gasteiger charge is -2.33. The number of carbonyl (C=O) groups excluding carboxylic acids is 1. The Kier molecular flexibility index (Phi) is 6.41. The minimum atomic E-state index is -0.0398. The second-order valence-electron chi connectivity index (χ2n) is 7.77. The van der Waals surface area contributed by atoms with E-state index >= 15 is 0 Å². The number of ether oxygens (including phenoxy) is 1. The number of nitrogens with zero attached hydrogens (tertiary/aromatic N) is 2. The predicted molar refractivity (Wildman–Crippen MR) is 118 cm³/mol. The molecule has 1 aliphatic rings. The minimum Gasteiger partial charge on any atom is -0.465 e. The largest absolute Gasteiger partial charge is 0.465 e. The zero-order valence-corrected chi connectivity index (χ0v) is 18.6. The van der Waals surface area contributed by atoms with Gasteiger partial charge in [-0.15, -0.1) is 11.3 Å². The molecule has 0 aromatic carbocycles. The van der Waals surface area contributed by atoms with Gasteiger partial charge in [0, 0.05) is 35.9 Å². The molecule has 1 unspecified atom stereocenters. The normalized spacial score (nSPS) is 16.0. The molecule has 0 spiro atoms. The van der Waals surface area contributed by atoms with Crippen LogP contribution < -0.4 is 5.32 Å². The number of morpholine rings is 1. The zero-order chi connectivity index (χ0) is 21.1. The van der Waals surface area contributed by atoms with Gasteiger partial charge in [0.15, 0.2) is 0 Å². The van der Waals surface area contributed by atoms with Crippen molar-refractivity contribution in [2.24, 2.45) is 0 Å². The summed E-state index contributed by atoms with van der Waals surface area (Å²) in [5.41, 5.74) is 2.83. The lowest BCUT2D eigenvalue weighted by molar-refractivity contribution is 0.0117. The fourth-order valence-corrected chi connectivity index (χ4v) is 4.74. The van der Waals surface area contributed by atoms with Gasteiger partial charge in [0.05, 0.1) is 31.4 Å². The summed E-state index contributed by atoms with van der Waals surface area (Å²) in [5.74, 6) is 1.73. The van der Waals surface area contributed by atoms with Crippen molar-refractivity contribution in [1.82, 2.24) is 14.8 Å². The highest BCUT2D eigenvalue weighted by atomic mass is 32.1. The first-order chi connectivity index (χ1) is 14.5. The molecule has 0 bridgehead atoms. The summed E-state index contributed by atoms with van der Waals surface area (Å²) >= 11 is 1.73. The van der Waals surface area contributed by atoms with Crippen LogP contribution in [0.1, 0.15) is 44.2 Å². The number of hydrogen-bond donors (Lipinski definition) is 1. The summed E-state index contributed by atoms with van der Waals surface area (Å²) in [6.45, 7) is 10.4.